The number of fused-ring (bicyclic) bond motifs is 1. The highest BCUT2D eigenvalue weighted by atomic mass is 32.2. The van der Waals surface area contributed by atoms with Crippen molar-refractivity contribution in [2.45, 2.75) is 43.8 Å². The van der Waals surface area contributed by atoms with E-state index in [0.717, 1.165) is 17.6 Å². The van der Waals surface area contributed by atoms with Crippen LogP contribution in [0.5, 0.6) is 0 Å². The number of rotatable bonds is 3. The fourth-order valence-corrected chi connectivity index (χ4v) is 3.94. The summed E-state index contributed by atoms with van der Waals surface area (Å²) in [5, 5.41) is 4.30. The minimum atomic E-state index is 0.791. The van der Waals surface area contributed by atoms with Crippen LogP contribution < -0.4 is 5.32 Å². The number of nitrogens with zero attached hydrogens (tertiary/aromatic N) is 1. The molecule has 0 spiro atoms. The van der Waals surface area contributed by atoms with Gasteiger partial charge in [0.2, 0.25) is 0 Å². The van der Waals surface area contributed by atoms with Crippen LogP contribution in [0.4, 0.5) is 5.82 Å². The first-order chi connectivity index (χ1) is 8.42. The van der Waals surface area contributed by atoms with E-state index in [0.29, 0.717) is 0 Å². The van der Waals surface area contributed by atoms with E-state index in [1.165, 1.54) is 55.5 Å². The summed E-state index contributed by atoms with van der Waals surface area (Å²) < 4.78 is 0. The molecule has 1 aliphatic heterocycles. The highest BCUT2D eigenvalue weighted by Gasteiger charge is 2.15. The van der Waals surface area contributed by atoms with Crippen LogP contribution in [0.15, 0.2) is 12.1 Å². The van der Waals surface area contributed by atoms with Gasteiger partial charge in [0.15, 0.2) is 0 Å². The summed E-state index contributed by atoms with van der Waals surface area (Å²) in [6, 6.07) is 4.41. The molecule has 1 aromatic rings. The van der Waals surface area contributed by atoms with Gasteiger partial charge in [0.1, 0.15) is 5.82 Å². The number of aryl methyl sites for hydroxylation is 2. The fourth-order valence-electron chi connectivity index (χ4n) is 2.71. The van der Waals surface area contributed by atoms with Gasteiger partial charge < -0.3 is 5.32 Å². The second-order valence-corrected chi connectivity index (χ2v) is 6.43. The average molecular weight is 248 g/mol. The van der Waals surface area contributed by atoms with Gasteiger partial charge in [-0.05, 0) is 49.5 Å². The number of thioether (sulfide) groups is 1. The summed E-state index contributed by atoms with van der Waals surface area (Å²) >= 11 is 2.12. The lowest BCUT2D eigenvalue weighted by Gasteiger charge is -2.21. The fraction of sp³-hybridized carbons (Fsp3) is 0.643. The summed E-state index contributed by atoms with van der Waals surface area (Å²) in [5.74, 6) is 2.42. The molecule has 0 aromatic carbocycles. The van der Waals surface area contributed by atoms with Gasteiger partial charge in [0.05, 0.1) is 0 Å². The van der Waals surface area contributed by atoms with Crippen LogP contribution in [-0.4, -0.2) is 22.5 Å². The van der Waals surface area contributed by atoms with Crippen molar-refractivity contribution < 1.29 is 0 Å². The summed E-state index contributed by atoms with van der Waals surface area (Å²) in [4.78, 5) is 4.72. The minimum absolute atomic E-state index is 0.791. The van der Waals surface area contributed by atoms with E-state index in [1.54, 1.807) is 0 Å². The van der Waals surface area contributed by atoms with Crippen LogP contribution in [0.2, 0.25) is 0 Å². The van der Waals surface area contributed by atoms with Crippen LogP contribution in [0.25, 0.3) is 0 Å². The van der Waals surface area contributed by atoms with Crippen LogP contribution in [0, 0.1) is 0 Å². The van der Waals surface area contributed by atoms with E-state index in [-0.39, 0.29) is 0 Å². The molecular weight excluding hydrogens is 228 g/mol. The molecule has 0 radical (unpaired) electrons. The van der Waals surface area contributed by atoms with Crippen molar-refractivity contribution in [1.29, 1.82) is 0 Å². The van der Waals surface area contributed by atoms with Gasteiger partial charge in [-0.15, -0.1) is 0 Å². The molecule has 0 bridgehead atoms. The lowest BCUT2D eigenvalue weighted by molar-refractivity contribution is 0.677. The molecule has 1 fully saturated rings. The Labute approximate surface area is 108 Å². The first-order valence-corrected chi connectivity index (χ1v) is 7.81. The molecule has 2 aliphatic rings. The standard InChI is InChI=1S/C14H20N2S/c1-2-9-17-12(5-1)10-15-14-8-7-11-4-3-6-13(11)16-14/h7-8,12H,1-6,9-10H2,(H,15,16). The SMILES string of the molecule is c1cc2c(nc1NCC1CCCCS1)CCC2. The zero-order chi connectivity index (χ0) is 11.5. The van der Waals surface area contributed by atoms with Crippen molar-refractivity contribution in [2.75, 3.05) is 17.6 Å². The maximum Gasteiger partial charge on any atom is 0.126 e. The van der Waals surface area contributed by atoms with Gasteiger partial charge >= 0.3 is 0 Å². The van der Waals surface area contributed by atoms with Gasteiger partial charge in [-0.25, -0.2) is 4.98 Å². The third-order valence-corrected chi connectivity index (χ3v) is 5.11. The van der Waals surface area contributed by atoms with Gasteiger partial charge in [0, 0.05) is 17.5 Å². The Hall–Kier alpha value is -0.700. The number of aromatic nitrogens is 1. The molecule has 2 heterocycles. The summed E-state index contributed by atoms with van der Waals surface area (Å²) in [7, 11) is 0. The van der Waals surface area contributed by atoms with Crippen molar-refractivity contribution in [3.05, 3.63) is 23.4 Å². The van der Waals surface area contributed by atoms with Crippen molar-refractivity contribution in [1.82, 2.24) is 4.98 Å². The molecule has 3 heteroatoms. The molecule has 17 heavy (non-hydrogen) atoms. The third kappa shape index (κ3) is 2.76. The third-order valence-electron chi connectivity index (χ3n) is 3.71. The molecular formula is C14H20N2S. The second kappa shape index (κ2) is 5.30. The number of hydrogen-bond acceptors (Lipinski definition) is 3. The maximum absolute atomic E-state index is 4.72. The Kier molecular flexibility index (Phi) is 3.55. The van der Waals surface area contributed by atoms with E-state index >= 15 is 0 Å². The molecule has 1 N–H and O–H groups in total. The summed E-state index contributed by atoms with van der Waals surface area (Å²) in [6.07, 6.45) is 7.84. The van der Waals surface area contributed by atoms with Gasteiger partial charge in [-0.2, -0.15) is 11.8 Å². The molecule has 3 rings (SSSR count). The predicted octanol–water partition coefficient (Wildman–Crippen LogP) is 3.27. The number of pyridine rings is 1. The monoisotopic (exact) mass is 248 g/mol. The van der Waals surface area contributed by atoms with Crippen LogP contribution in [0.1, 0.15) is 36.9 Å². The smallest absolute Gasteiger partial charge is 0.126 e. The Bertz CT molecular complexity index is 386. The maximum atomic E-state index is 4.72. The van der Waals surface area contributed by atoms with E-state index in [1.807, 2.05) is 0 Å². The number of hydrogen-bond donors (Lipinski definition) is 1. The largest absolute Gasteiger partial charge is 0.369 e. The highest BCUT2D eigenvalue weighted by Crippen LogP contribution is 2.26. The van der Waals surface area contributed by atoms with Crippen molar-refractivity contribution >= 4 is 17.6 Å². The molecule has 92 valence electrons. The predicted molar refractivity (Wildman–Crippen MR) is 74.8 cm³/mol. The van der Waals surface area contributed by atoms with E-state index in [9.17, 15) is 0 Å². The van der Waals surface area contributed by atoms with Crippen molar-refractivity contribution in [2.24, 2.45) is 0 Å². The molecule has 0 amide bonds. The lowest BCUT2D eigenvalue weighted by Crippen LogP contribution is -2.20. The molecule has 0 saturated carbocycles. The number of anilines is 1. The minimum Gasteiger partial charge on any atom is -0.369 e. The first-order valence-electron chi connectivity index (χ1n) is 6.76. The number of nitrogens with one attached hydrogen (secondary N) is 1. The van der Waals surface area contributed by atoms with Gasteiger partial charge in [0.25, 0.3) is 0 Å². The Morgan fingerprint density at radius 1 is 1.24 bits per heavy atom. The molecule has 1 saturated heterocycles. The zero-order valence-corrected chi connectivity index (χ0v) is 11.1. The van der Waals surface area contributed by atoms with Crippen molar-refractivity contribution in [3.63, 3.8) is 0 Å². The topological polar surface area (TPSA) is 24.9 Å². The lowest BCUT2D eigenvalue weighted by atomic mass is 10.2. The van der Waals surface area contributed by atoms with Crippen LogP contribution >= 0.6 is 11.8 Å². The Balaban J connectivity index is 1.57. The van der Waals surface area contributed by atoms with E-state index in [2.05, 4.69) is 29.2 Å². The summed E-state index contributed by atoms with van der Waals surface area (Å²) in [5.41, 5.74) is 2.79. The molecule has 1 unspecified atom stereocenters. The average Bonchev–Trinajstić information content (AvgIpc) is 2.85. The van der Waals surface area contributed by atoms with Crippen LogP contribution in [-0.2, 0) is 12.8 Å². The normalized spacial score (nSPS) is 23.4. The van der Waals surface area contributed by atoms with Crippen molar-refractivity contribution in [3.8, 4) is 0 Å². The first kappa shape index (κ1) is 11.4. The van der Waals surface area contributed by atoms with Gasteiger partial charge in [-0.1, -0.05) is 12.5 Å². The second-order valence-electron chi connectivity index (χ2n) is 5.03. The van der Waals surface area contributed by atoms with Crippen LogP contribution in [0.3, 0.4) is 0 Å². The molecule has 1 aromatic heterocycles. The van der Waals surface area contributed by atoms with E-state index in [4.69, 9.17) is 4.98 Å². The summed E-state index contributed by atoms with van der Waals surface area (Å²) in [6.45, 7) is 1.08. The van der Waals surface area contributed by atoms with E-state index < -0.39 is 0 Å². The molecule has 1 atom stereocenters. The zero-order valence-electron chi connectivity index (χ0n) is 10.2. The molecule has 2 nitrogen and oxygen atoms in total. The quantitative estimate of drug-likeness (QED) is 0.888. The molecule has 1 aliphatic carbocycles. The Morgan fingerprint density at radius 2 is 2.24 bits per heavy atom. The highest BCUT2D eigenvalue weighted by molar-refractivity contribution is 7.99. The Morgan fingerprint density at radius 3 is 3.12 bits per heavy atom. The van der Waals surface area contributed by atoms with Gasteiger partial charge in [-0.3, -0.25) is 0 Å².